The molecule has 5 heterocycles. The zero-order valence-corrected chi connectivity index (χ0v) is 19.7. The van der Waals surface area contributed by atoms with Crippen LogP contribution in [0.4, 0.5) is 17.6 Å². The van der Waals surface area contributed by atoms with E-state index in [-0.39, 0.29) is 11.5 Å². The molecular formula is C25H24F4N4O4. The molecule has 6 rings (SSSR count). The molecule has 196 valence electrons. The van der Waals surface area contributed by atoms with Crippen LogP contribution in [0.5, 0.6) is 11.5 Å². The molecule has 0 spiro atoms. The third-order valence-corrected chi connectivity index (χ3v) is 7.28. The zero-order chi connectivity index (χ0) is 25.8. The second-order valence-electron chi connectivity index (χ2n) is 9.57. The Morgan fingerprint density at radius 2 is 1.65 bits per heavy atom. The van der Waals surface area contributed by atoms with Crippen molar-refractivity contribution in [2.45, 2.75) is 49.7 Å². The predicted molar refractivity (Wildman–Crippen MR) is 122 cm³/mol. The normalized spacial score (nSPS) is 21.8. The monoisotopic (exact) mass is 520 g/mol. The van der Waals surface area contributed by atoms with Gasteiger partial charge in [0.2, 0.25) is 0 Å². The Bertz CT molecular complexity index is 1330. The molecule has 0 unspecified atom stereocenters. The largest absolute Gasteiger partial charge is 0.507 e. The first-order chi connectivity index (χ1) is 17.7. The summed E-state index contributed by atoms with van der Waals surface area (Å²) in [6.07, 6.45) is -4.70. The van der Waals surface area contributed by atoms with E-state index in [1.807, 2.05) is 6.07 Å². The van der Waals surface area contributed by atoms with Crippen molar-refractivity contribution in [3.8, 4) is 11.5 Å². The minimum Gasteiger partial charge on any atom is -0.421 e. The SMILES string of the molecule is O=C(c1ccc2c(c1)OC(F)(F)C(F)(F)O2)N1CCC(c2ccnc3nc(C4CCOCC4)[nH]c23)CC1. The summed E-state index contributed by atoms with van der Waals surface area (Å²) in [6.45, 7) is 2.31. The molecule has 3 aromatic rings. The lowest BCUT2D eigenvalue weighted by molar-refractivity contribution is -0.391. The van der Waals surface area contributed by atoms with Crippen molar-refractivity contribution in [1.82, 2.24) is 19.9 Å². The first kappa shape index (κ1) is 24.0. The number of likely N-dealkylation sites (tertiary alicyclic amines) is 1. The minimum absolute atomic E-state index is 0.0581. The molecule has 2 aromatic heterocycles. The number of carbonyl (C=O) groups excluding carboxylic acids is 1. The Morgan fingerprint density at radius 1 is 0.946 bits per heavy atom. The number of imidazole rings is 1. The maximum Gasteiger partial charge on any atom is 0.507 e. The van der Waals surface area contributed by atoms with E-state index in [0.29, 0.717) is 50.7 Å². The number of rotatable bonds is 3. The van der Waals surface area contributed by atoms with Crippen LogP contribution in [0.3, 0.4) is 0 Å². The van der Waals surface area contributed by atoms with Gasteiger partial charge in [-0.2, -0.15) is 17.6 Å². The zero-order valence-electron chi connectivity index (χ0n) is 19.7. The highest BCUT2D eigenvalue weighted by Crippen LogP contribution is 2.47. The van der Waals surface area contributed by atoms with Crippen LogP contribution in [-0.2, 0) is 4.74 Å². The van der Waals surface area contributed by atoms with Crippen LogP contribution in [0, 0.1) is 0 Å². The van der Waals surface area contributed by atoms with Gasteiger partial charge in [0.25, 0.3) is 5.91 Å². The Balaban J connectivity index is 1.16. The quantitative estimate of drug-likeness (QED) is 0.498. The van der Waals surface area contributed by atoms with Crippen molar-refractivity contribution < 1.29 is 36.6 Å². The number of nitrogens with one attached hydrogen (secondary N) is 1. The average Bonchev–Trinajstić information content (AvgIpc) is 3.34. The summed E-state index contributed by atoms with van der Waals surface area (Å²) in [4.78, 5) is 27.3. The number of piperidine rings is 1. The molecular weight excluding hydrogens is 496 g/mol. The summed E-state index contributed by atoms with van der Waals surface area (Å²) in [7, 11) is 0. The van der Waals surface area contributed by atoms with Crippen LogP contribution in [-0.4, -0.2) is 64.3 Å². The van der Waals surface area contributed by atoms with Gasteiger partial charge in [-0.05, 0) is 61.4 Å². The van der Waals surface area contributed by atoms with E-state index in [0.717, 1.165) is 41.9 Å². The fourth-order valence-electron chi connectivity index (χ4n) is 5.23. The summed E-state index contributed by atoms with van der Waals surface area (Å²) in [5.74, 6) is -0.129. The van der Waals surface area contributed by atoms with Gasteiger partial charge in [0.15, 0.2) is 17.1 Å². The molecule has 12 heteroatoms. The van der Waals surface area contributed by atoms with Gasteiger partial charge < -0.3 is 24.1 Å². The van der Waals surface area contributed by atoms with Gasteiger partial charge >= 0.3 is 12.2 Å². The number of hydrogen-bond acceptors (Lipinski definition) is 6. The Labute approximate surface area is 208 Å². The second kappa shape index (κ2) is 8.86. The van der Waals surface area contributed by atoms with Crippen molar-refractivity contribution in [3.05, 3.63) is 47.4 Å². The maximum atomic E-state index is 13.6. The summed E-state index contributed by atoms with van der Waals surface area (Å²) >= 11 is 0. The first-order valence-electron chi connectivity index (χ1n) is 12.2. The van der Waals surface area contributed by atoms with Crippen molar-refractivity contribution in [1.29, 1.82) is 0 Å². The molecule has 1 N–H and O–H groups in total. The summed E-state index contributed by atoms with van der Waals surface area (Å²) in [6, 6.07) is 5.31. The van der Waals surface area contributed by atoms with E-state index in [4.69, 9.17) is 9.72 Å². The van der Waals surface area contributed by atoms with E-state index in [9.17, 15) is 22.4 Å². The highest BCUT2D eigenvalue weighted by atomic mass is 19.3. The minimum atomic E-state index is -4.84. The second-order valence-corrected chi connectivity index (χ2v) is 9.57. The number of alkyl halides is 4. The van der Waals surface area contributed by atoms with Crippen LogP contribution in [0.1, 0.15) is 59.3 Å². The van der Waals surface area contributed by atoms with Gasteiger partial charge in [-0.1, -0.05) is 0 Å². The molecule has 0 bridgehead atoms. The van der Waals surface area contributed by atoms with E-state index in [1.165, 1.54) is 6.07 Å². The molecule has 0 radical (unpaired) electrons. The lowest BCUT2D eigenvalue weighted by Crippen LogP contribution is -2.52. The standard InChI is InChI=1S/C25H24F4N4O4/c26-24(27)25(28,29)37-19-13-16(1-2-18(19)36-24)23(34)33-9-4-14(5-10-33)17-3-8-30-22-20(17)31-21(32-22)15-6-11-35-12-7-15/h1-3,8,13-15H,4-7,9-12H2,(H,30,31,32). The number of halogens is 4. The van der Waals surface area contributed by atoms with Crippen LogP contribution < -0.4 is 9.47 Å². The Kier molecular flexibility index (Phi) is 5.74. The number of carbonyl (C=O) groups is 1. The van der Waals surface area contributed by atoms with E-state index in [1.54, 1.807) is 11.1 Å². The van der Waals surface area contributed by atoms with E-state index in [2.05, 4.69) is 19.4 Å². The van der Waals surface area contributed by atoms with Crippen molar-refractivity contribution >= 4 is 17.1 Å². The van der Waals surface area contributed by atoms with Gasteiger partial charge in [-0.25, -0.2) is 9.97 Å². The van der Waals surface area contributed by atoms with Crippen molar-refractivity contribution in [3.63, 3.8) is 0 Å². The average molecular weight is 520 g/mol. The van der Waals surface area contributed by atoms with Crippen molar-refractivity contribution in [2.24, 2.45) is 0 Å². The number of ether oxygens (including phenoxy) is 3. The van der Waals surface area contributed by atoms with Gasteiger partial charge in [0, 0.05) is 44.0 Å². The van der Waals surface area contributed by atoms with Gasteiger partial charge in [0.1, 0.15) is 5.82 Å². The fourth-order valence-corrected chi connectivity index (χ4v) is 5.23. The summed E-state index contributed by atoms with van der Waals surface area (Å²) < 4.78 is 67.6. The number of fused-ring (bicyclic) bond motifs is 2. The molecule has 0 saturated carbocycles. The molecule has 1 aromatic carbocycles. The molecule has 3 aliphatic heterocycles. The third-order valence-electron chi connectivity index (χ3n) is 7.28. The predicted octanol–water partition coefficient (Wildman–Crippen LogP) is 4.83. The number of aromatic amines is 1. The van der Waals surface area contributed by atoms with Crippen LogP contribution in [0.2, 0.25) is 0 Å². The number of aromatic nitrogens is 3. The number of amides is 1. The van der Waals surface area contributed by atoms with Gasteiger partial charge in [-0.3, -0.25) is 4.79 Å². The van der Waals surface area contributed by atoms with Crippen molar-refractivity contribution in [2.75, 3.05) is 26.3 Å². The number of H-pyrrole nitrogens is 1. The van der Waals surface area contributed by atoms with E-state index < -0.39 is 29.6 Å². The molecule has 0 aliphatic carbocycles. The molecule has 2 saturated heterocycles. The molecule has 8 nitrogen and oxygen atoms in total. The first-order valence-corrected chi connectivity index (χ1v) is 12.2. The number of benzene rings is 1. The smallest absolute Gasteiger partial charge is 0.421 e. The molecule has 2 fully saturated rings. The third kappa shape index (κ3) is 4.26. The Hall–Kier alpha value is -3.41. The van der Waals surface area contributed by atoms with Crippen LogP contribution >= 0.6 is 0 Å². The lowest BCUT2D eigenvalue weighted by Gasteiger charge is -2.33. The fraction of sp³-hybridized carbons (Fsp3) is 0.480. The van der Waals surface area contributed by atoms with Crippen LogP contribution in [0.15, 0.2) is 30.5 Å². The van der Waals surface area contributed by atoms with Gasteiger partial charge in [-0.15, -0.1) is 0 Å². The molecule has 37 heavy (non-hydrogen) atoms. The maximum absolute atomic E-state index is 13.6. The van der Waals surface area contributed by atoms with Crippen LogP contribution in [0.25, 0.3) is 11.2 Å². The lowest BCUT2D eigenvalue weighted by atomic mass is 9.89. The number of nitrogens with zero attached hydrogens (tertiary/aromatic N) is 3. The highest BCUT2D eigenvalue weighted by molar-refractivity contribution is 5.95. The topological polar surface area (TPSA) is 89.6 Å². The number of hydrogen-bond donors (Lipinski definition) is 1. The summed E-state index contributed by atoms with van der Waals surface area (Å²) in [5, 5.41) is 0. The van der Waals surface area contributed by atoms with E-state index >= 15 is 0 Å². The van der Waals surface area contributed by atoms with Gasteiger partial charge in [0.05, 0.1) is 5.52 Å². The summed E-state index contributed by atoms with van der Waals surface area (Å²) in [5.41, 5.74) is 2.75. The molecule has 1 amide bonds. The molecule has 3 aliphatic rings. The Morgan fingerprint density at radius 3 is 2.38 bits per heavy atom. The number of pyridine rings is 1. The highest BCUT2D eigenvalue weighted by Gasteiger charge is 2.66. The molecule has 0 atom stereocenters.